The largest absolute Gasteiger partial charge is 0.492 e. The van der Waals surface area contributed by atoms with Crippen molar-refractivity contribution in [3.05, 3.63) is 75.1 Å². The number of rotatable bonds is 2. The molecule has 1 aliphatic rings. The van der Waals surface area contributed by atoms with Crippen molar-refractivity contribution in [1.82, 2.24) is 0 Å². The van der Waals surface area contributed by atoms with Crippen molar-refractivity contribution in [1.29, 1.82) is 0 Å². The fourth-order valence-electron chi connectivity index (χ4n) is 3.27. The number of carbonyl (C=O) groups is 1. The van der Waals surface area contributed by atoms with Crippen LogP contribution in [0, 0.1) is 19.8 Å². The molecule has 0 radical (unpaired) electrons. The molecule has 126 valence electrons. The summed E-state index contributed by atoms with van der Waals surface area (Å²) in [6.07, 6.45) is 1.79. The van der Waals surface area contributed by atoms with Gasteiger partial charge in [-0.25, -0.2) is 0 Å². The molecule has 0 spiro atoms. The molecule has 0 saturated heterocycles. The lowest BCUT2D eigenvalue weighted by Gasteiger charge is -2.24. The summed E-state index contributed by atoms with van der Waals surface area (Å²) in [5.74, 6) is 0.271. The summed E-state index contributed by atoms with van der Waals surface area (Å²) < 4.78 is 11.4. The van der Waals surface area contributed by atoms with Crippen LogP contribution >= 0.6 is 0 Å². The van der Waals surface area contributed by atoms with Gasteiger partial charge in [-0.1, -0.05) is 12.1 Å². The predicted molar refractivity (Wildman–Crippen MR) is 95.4 cm³/mol. The summed E-state index contributed by atoms with van der Waals surface area (Å²) in [6, 6.07) is 11.1. The summed E-state index contributed by atoms with van der Waals surface area (Å²) in [7, 11) is 0. The van der Waals surface area contributed by atoms with E-state index in [1.807, 2.05) is 38.1 Å². The third-order valence-corrected chi connectivity index (χ3v) is 4.68. The van der Waals surface area contributed by atoms with E-state index in [1.54, 1.807) is 12.1 Å². The molecule has 0 saturated carbocycles. The summed E-state index contributed by atoms with van der Waals surface area (Å²) >= 11 is 0. The minimum Gasteiger partial charge on any atom is -0.492 e. The van der Waals surface area contributed by atoms with Gasteiger partial charge in [0.25, 0.3) is 0 Å². The highest BCUT2D eigenvalue weighted by Crippen LogP contribution is 2.29. The van der Waals surface area contributed by atoms with Crippen molar-refractivity contribution < 1.29 is 13.9 Å². The lowest BCUT2D eigenvalue weighted by atomic mass is 9.89. The van der Waals surface area contributed by atoms with E-state index in [-0.39, 0.29) is 23.7 Å². The molecule has 25 heavy (non-hydrogen) atoms. The molecule has 0 N–H and O–H groups in total. The smallest absolute Gasteiger partial charge is 0.195 e. The van der Waals surface area contributed by atoms with E-state index in [2.05, 4.69) is 0 Å². The summed E-state index contributed by atoms with van der Waals surface area (Å²) in [4.78, 5) is 25.4. The molecule has 0 unspecified atom stereocenters. The van der Waals surface area contributed by atoms with Gasteiger partial charge < -0.3 is 9.15 Å². The third-order valence-electron chi connectivity index (χ3n) is 4.68. The van der Waals surface area contributed by atoms with Crippen LogP contribution in [0.2, 0.25) is 0 Å². The minimum absolute atomic E-state index is 0.0182. The van der Waals surface area contributed by atoms with Crippen molar-refractivity contribution >= 4 is 16.8 Å². The fraction of sp³-hybridized carbons (Fsp3) is 0.238. The normalized spacial score (nSPS) is 16.6. The molecule has 0 aliphatic carbocycles. The number of benzene rings is 2. The van der Waals surface area contributed by atoms with E-state index in [9.17, 15) is 9.59 Å². The Morgan fingerprint density at radius 3 is 2.64 bits per heavy atom. The highest BCUT2D eigenvalue weighted by molar-refractivity contribution is 6.01. The number of ketones is 1. The van der Waals surface area contributed by atoms with Crippen LogP contribution < -0.4 is 10.2 Å². The van der Waals surface area contributed by atoms with Crippen molar-refractivity contribution in [3.63, 3.8) is 0 Å². The third kappa shape index (κ3) is 2.74. The first kappa shape index (κ1) is 15.6. The molecule has 0 bridgehead atoms. The number of fused-ring (bicyclic) bond motifs is 2. The van der Waals surface area contributed by atoms with E-state index < -0.39 is 0 Å². The van der Waals surface area contributed by atoms with Crippen LogP contribution in [-0.2, 0) is 6.42 Å². The van der Waals surface area contributed by atoms with Gasteiger partial charge >= 0.3 is 0 Å². The van der Waals surface area contributed by atoms with Gasteiger partial charge in [-0.15, -0.1) is 0 Å². The van der Waals surface area contributed by atoms with Gasteiger partial charge in [0.1, 0.15) is 11.3 Å². The Morgan fingerprint density at radius 2 is 1.80 bits per heavy atom. The van der Waals surface area contributed by atoms with Gasteiger partial charge in [0.05, 0.1) is 29.7 Å². The lowest BCUT2D eigenvalue weighted by molar-refractivity contribution is 0.0830. The lowest BCUT2D eigenvalue weighted by Crippen LogP contribution is -2.31. The maximum atomic E-state index is 12.7. The Hall–Kier alpha value is -2.88. The van der Waals surface area contributed by atoms with Crippen LogP contribution in [0.25, 0.3) is 11.0 Å². The van der Waals surface area contributed by atoms with Gasteiger partial charge in [-0.3, -0.25) is 9.59 Å². The highest BCUT2D eigenvalue weighted by Gasteiger charge is 2.29. The van der Waals surface area contributed by atoms with Crippen LogP contribution in [0.1, 0.15) is 27.0 Å². The number of aryl methyl sites for hydroxylation is 2. The van der Waals surface area contributed by atoms with Crippen LogP contribution in [0.4, 0.5) is 0 Å². The van der Waals surface area contributed by atoms with Gasteiger partial charge in [0.15, 0.2) is 11.2 Å². The molecule has 0 fully saturated rings. The van der Waals surface area contributed by atoms with Crippen molar-refractivity contribution in [2.45, 2.75) is 20.3 Å². The minimum atomic E-state index is -0.374. The second kappa shape index (κ2) is 5.88. The van der Waals surface area contributed by atoms with E-state index in [0.717, 1.165) is 11.1 Å². The Bertz CT molecular complexity index is 1050. The second-order valence-electron chi connectivity index (χ2n) is 6.67. The zero-order valence-corrected chi connectivity index (χ0v) is 14.2. The number of carbonyl (C=O) groups excluding carboxylic acids is 1. The first-order valence-corrected chi connectivity index (χ1v) is 8.31. The van der Waals surface area contributed by atoms with E-state index in [1.165, 1.54) is 6.26 Å². The molecule has 4 rings (SSSR count). The Morgan fingerprint density at radius 1 is 1.04 bits per heavy atom. The van der Waals surface area contributed by atoms with Crippen LogP contribution in [0.3, 0.4) is 0 Å². The molecule has 4 heteroatoms. The first-order valence-electron chi connectivity index (χ1n) is 8.31. The molecular weight excluding hydrogens is 316 g/mol. The standard InChI is InChI=1S/C21H18O4/c1-12-3-5-16-18(7-12)24-10-14(20(16)22)9-15-11-25-19-8-13(2)4-6-17(19)21(15)23/h3-8,10,15H,9,11H2,1-2H3/t15-/m1/s1. The van der Waals surface area contributed by atoms with Gasteiger partial charge in [-0.2, -0.15) is 0 Å². The molecule has 1 atom stereocenters. The molecule has 2 aromatic carbocycles. The quantitative estimate of drug-likeness (QED) is 0.714. The molecule has 4 nitrogen and oxygen atoms in total. The molecular formula is C21H18O4. The molecule has 0 amide bonds. The van der Waals surface area contributed by atoms with Gasteiger partial charge in [-0.05, 0) is 55.7 Å². The van der Waals surface area contributed by atoms with Crippen LogP contribution in [0.5, 0.6) is 5.75 Å². The molecule has 1 aromatic heterocycles. The summed E-state index contributed by atoms with van der Waals surface area (Å²) in [5, 5.41) is 0.545. The monoisotopic (exact) mass is 334 g/mol. The first-order chi connectivity index (χ1) is 12.0. The average Bonchev–Trinajstić information content (AvgIpc) is 2.59. The van der Waals surface area contributed by atoms with Gasteiger partial charge in [0, 0.05) is 5.56 Å². The number of ether oxygens (including phenoxy) is 1. The summed E-state index contributed by atoms with van der Waals surface area (Å²) in [6.45, 7) is 4.19. The fourth-order valence-corrected chi connectivity index (χ4v) is 3.27. The summed E-state index contributed by atoms with van der Waals surface area (Å²) in [5.41, 5.74) is 3.67. The number of hydrogen-bond donors (Lipinski definition) is 0. The van der Waals surface area contributed by atoms with Gasteiger partial charge in [0.2, 0.25) is 0 Å². The van der Waals surface area contributed by atoms with E-state index in [4.69, 9.17) is 9.15 Å². The number of Topliss-reactive ketones (excluding diaryl/α,β-unsaturated/α-hetero) is 1. The number of hydrogen-bond acceptors (Lipinski definition) is 4. The maximum Gasteiger partial charge on any atom is 0.195 e. The Labute approximate surface area is 145 Å². The molecule has 3 aromatic rings. The maximum absolute atomic E-state index is 12.7. The van der Waals surface area contributed by atoms with Crippen molar-refractivity contribution in [2.24, 2.45) is 5.92 Å². The van der Waals surface area contributed by atoms with E-state index >= 15 is 0 Å². The zero-order valence-electron chi connectivity index (χ0n) is 14.2. The van der Waals surface area contributed by atoms with Crippen molar-refractivity contribution in [3.8, 4) is 5.75 Å². The van der Waals surface area contributed by atoms with Crippen LogP contribution in [0.15, 0.2) is 51.9 Å². The average molecular weight is 334 g/mol. The SMILES string of the molecule is Cc1ccc2c(c1)OC[C@@H](Cc1coc3cc(C)ccc3c1=O)C2=O. The van der Waals surface area contributed by atoms with E-state index in [0.29, 0.717) is 34.3 Å². The predicted octanol–water partition coefficient (Wildman–Crippen LogP) is 3.84. The van der Waals surface area contributed by atoms with Crippen molar-refractivity contribution in [2.75, 3.05) is 6.61 Å². The Kier molecular flexibility index (Phi) is 3.68. The van der Waals surface area contributed by atoms with Crippen LogP contribution in [-0.4, -0.2) is 12.4 Å². The topological polar surface area (TPSA) is 56.5 Å². The second-order valence-corrected chi connectivity index (χ2v) is 6.67. The molecule has 2 heterocycles. The zero-order chi connectivity index (χ0) is 17.6. The molecule has 1 aliphatic heterocycles. The highest BCUT2D eigenvalue weighted by atomic mass is 16.5. The Balaban J connectivity index is 1.67.